The number of pyridine rings is 1. The smallest absolute Gasteiger partial charge is 0.215 e. The lowest BCUT2D eigenvalue weighted by Gasteiger charge is -2.30. The zero-order chi connectivity index (χ0) is 12.3. The Kier molecular flexibility index (Phi) is 3.68. The quantitative estimate of drug-likeness (QED) is 0.825. The molecule has 0 unspecified atom stereocenters. The number of ether oxygens (including phenoxy) is 1. The highest BCUT2D eigenvalue weighted by Crippen LogP contribution is 2.22. The minimum absolute atomic E-state index is 0.452. The molecule has 5 heteroatoms. The van der Waals surface area contributed by atoms with Gasteiger partial charge >= 0.3 is 0 Å². The Balaban J connectivity index is 2.02. The van der Waals surface area contributed by atoms with Gasteiger partial charge in [0.25, 0.3) is 0 Å². The zero-order valence-electron chi connectivity index (χ0n) is 10.4. The molecule has 17 heavy (non-hydrogen) atoms. The van der Waals surface area contributed by atoms with Gasteiger partial charge in [0.05, 0.1) is 12.8 Å². The number of hydrogen-bond donors (Lipinski definition) is 2. The Morgan fingerprint density at radius 3 is 2.76 bits per heavy atom. The largest absolute Gasteiger partial charge is 0.481 e. The minimum atomic E-state index is 0.452. The van der Waals surface area contributed by atoms with Crippen LogP contribution in [-0.2, 0) is 0 Å². The Morgan fingerprint density at radius 2 is 2.12 bits per heavy atom. The number of rotatable bonds is 3. The van der Waals surface area contributed by atoms with E-state index in [9.17, 15) is 0 Å². The molecule has 5 nitrogen and oxygen atoms in total. The van der Waals surface area contributed by atoms with Crippen LogP contribution in [-0.4, -0.2) is 43.2 Å². The first-order valence-electron chi connectivity index (χ1n) is 5.94. The van der Waals surface area contributed by atoms with Crippen LogP contribution in [0, 0.1) is 0 Å². The second-order valence-electron chi connectivity index (χ2n) is 4.51. The molecular weight excluding hydrogens is 216 g/mol. The van der Waals surface area contributed by atoms with Gasteiger partial charge in [-0.3, -0.25) is 0 Å². The number of likely N-dealkylation sites (tertiary alicyclic amines) is 1. The number of nitrogens with two attached hydrogens (primary N) is 1. The lowest BCUT2D eigenvalue weighted by Crippen LogP contribution is -2.37. The second kappa shape index (κ2) is 5.23. The van der Waals surface area contributed by atoms with Crippen molar-refractivity contribution in [3.8, 4) is 5.88 Å². The van der Waals surface area contributed by atoms with Gasteiger partial charge in [0.15, 0.2) is 5.82 Å². The van der Waals surface area contributed by atoms with Crippen molar-refractivity contribution in [1.82, 2.24) is 9.88 Å². The Morgan fingerprint density at radius 1 is 1.41 bits per heavy atom. The minimum Gasteiger partial charge on any atom is -0.481 e. The van der Waals surface area contributed by atoms with E-state index in [1.807, 2.05) is 6.07 Å². The molecule has 1 aliphatic heterocycles. The number of methoxy groups -OCH3 is 1. The monoisotopic (exact) mass is 236 g/mol. The lowest BCUT2D eigenvalue weighted by atomic mass is 10.1. The summed E-state index contributed by atoms with van der Waals surface area (Å²) in [5, 5.41) is 3.40. The van der Waals surface area contributed by atoms with Crippen LogP contribution in [0.4, 0.5) is 11.5 Å². The van der Waals surface area contributed by atoms with Gasteiger partial charge in [-0.1, -0.05) is 0 Å². The van der Waals surface area contributed by atoms with Gasteiger partial charge in [0.1, 0.15) is 0 Å². The van der Waals surface area contributed by atoms with E-state index in [1.54, 1.807) is 13.2 Å². The Labute approximate surface area is 102 Å². The molecule has 0 bridgehead atoms. The van der Waals surface area contributed by atoms with E-state index in [2.05, 4.69) is 22.2 Å². The molecule has 0 saturated carbocycles. The molecule has 0 amide bonds. The molecule has 94 valence electrons. The average Bonchev–Trinajstić information content (AvgIpc) is 2.35. The SMILES string of the molecule is COc1ccc(N)c(NC2CCN(C)CC2)n1. The standard InChI is InChI=1S/C12H20N4O/c1-16-7-5-9(6-8-16)14-12-10(13)3-4-11(15-12)17-2/h3-4,9H,5-8,13H2,1-2H3,(H,14,15). The van der Waals surface area contributed by atoms with Crippen LogP contribution < -0.4 is 15.8 Å². The summed E-state index contributed by atoms with van der Waals surface area (Å²) in [5.41, 5.74) is 6.57. The van der Waals surface area contributed by atoms with Crippen molar-refractivity contribution in [3.05, 3.63) is 12.1 Å². The first kappa shape index (κ1) is 12.0. The normalized spacial score (nSPS) is 18.0. The van der Waals surface area contributed by atoms with Crippen molar-refractivity contribution in [2.45, 2.75) is 18.9 Å². The van der Waals surface area contributed by atoms with Crippen LogP contribution in [0.15, 0.2) is 12.1 Å². The van der Waals surface area contributed by atoms with Crippen LogP contribution in [0.1, 0.15) is 12.8 Å². The van der Waals surface area contributed by atoms with Gasteiger partial charge in [0, 0.05) is 12.1 Å². The highest BCUT2D eigenvalue weighted by Gasteiger charge is 2.17. The van der Waals surface area contributed by atoms with Crippen LogP contribution in [0.5, 0.6) is 5.88 Å². The summed E-state index contributed by atoms with van der Waals surface area (Å²) >= 11 is 0. The Bertz CT molecular complexity index is 375. The van der Waals surface area contributed by atoms with E-state index in [0.717, 1.165) is 31.7 Å². The molecule has 2 heterocycles. The molecule has 2 rings (SSSR count). The Hall–Kier alpha value is -1.49. The van der Waals surface area contributed by atoms with Crippen LogP contribution in [0.25, 0.3) is 0 Å². The average molecular weight is 236 g/mol. The highest BCUT2D eigenvalue weighted by atomic mass is 16.5. The van der Waals surface area contributed by atoms with E-state index >= 15 is 0 Å². The molecule has 0 radical (unpaired) electrons. The molecule has 0 atom stereocenters. The molecule has 0 aliphatic carbocycles. The molecule has 0 spiro atoms. The lowest BCUT2D eigenvalue weighted by molar-refractivity contribution is 0.263. The highest BCUT2D eigenvalue weighted by molar-refractivity contribution is 5.62. The van der Waals surface area contributed by atoms with E-state index in [1.165, 1.54) is 0 Å². The third kappa shape index (κ3) is 3.00. The van der Waals surface area contributed by atoms with E-state index in [4.69, 9.17) is 10.5 Å². The van der Waals surface area contributed by atoms with Crippen molar-refractivity contribution >= 4 is 11.5 Å². The number of nitrogens with one attached hydrogen (secondary N) is 1. The molecule has 1 aromatic heterocycles. The first-order valence-corrected chi connectivity index (χ1v) is 5.94. The second-order valence-corrected chi connectivity index (χ2v) is 4.51. The first-order chi connectivity index (χ1) is 8.19. The van der Waals surface area contributed by atoms with Crippen LogP contribution in [0.3, 0.4) is 0 Å². The number of aromatic nitrogens is 1. The molecular formula is C12H20N4O. The number of hydrogen-bond acceptors (Lipinski definition) is 5. The maximum Gasteiger partial charge on any atom is 0.215 e. The molecule has 1 fully saturated rings. The van der Waals surface area contributed by atoms with Gasteiger partial charge in [0.2, 0.25) is 5.88 Å². The van der Waals surface area contributed by atoms with E-state index < -0.39 is 0 Å². The fraction of sp³-hybridized carbons (Fsp3) is 0.583. The van der Waals surface area contributed by atoms with Gasteiger partial charge in [-0.2, -0.15) is 4.98 Å². The maximum atomic E-state index is 5.90. The summed E-state index contributed by atoms with van der Waals surface area (Å²) in [6, 6.07) is 4.05. The summed E-state index contributed by atoms with van der Waals surface area (Å²) in [6.07, 6.45) is 2.24. The molecule has 1 aromatic rings. The summed E-state index contributed by atoms with van der Waals surface area (Å²) in [5.74, 6) is 1.33. The number of piperidine rings is 1. The summed E-state index contributed by atoms with van der Waals surface area (Å²) in [7, 11) is 3.76. The van der Waals surface area contributed by atoms with Gasteiger partial charge in [-0.05, 0) is 39.0 Å². The van der Waals surface area contributed by atoms with Crippen LogP contribution >= 0.6 is 0 Å². The summed E-state index contributed by atoms with van der Waals surface area (Å²) < 4.78 is 5.10. The third-order valence-electron chi connectivity index (χ3n) is 3.17. The van der Waals surface area contributed by atoms with E-state index in [0.29, 0.717) is 17.6 Å². The van der Waals surface area contributed by atoms with Crippen molar-refractivity contribution in [2.75, 3.05) is 38.3 Å². The number of anilines is 2. The maximum absolute atomic E-state index is 5.90. The van der Waals surface area contributed by atoms with Gasteiger partial charge < -0.3 is 20.7 Å². The van der Waals surface area contributed by atoms with Gasteiger partial charge in [-0.15, -0.1) is 0 Å². The fourth-order valence-corrected chi connectivity index (χ4v) is 2.03. The van der Waals surface area contributed by atoms with Crippen molar-refractivity contribution in [1.29, 1.82) is 0 Å². The molecule has 1 aliphatic rings. The van der Waals surface area contributed by atoms with E-state index in [-0.39, 0.29) is 0 Å². The summed E-state index contributed by atoms with van der Waals surface area (Å²) in [6.45, 7) is 2.23. The summed E-state index contributed by atoms with van der Waals surface area (Å²) in [4.78, 5) is 6.67. The predicted molar refractivity (Wildman–Crippen MR) is 69.3 cm³/mol. The van der Waals surface area contributed by atoms with Crippen molar-refractivity contribution in [2.24, 2.45) is 0 Å². The molecule has 1 saturated heterocycles. The fourth-order valence-electron chi connectivity index (χ4n) is 2.03. The number of nitrogens with zero attached hydrogens (tertiary/aromatic N) is 2. The third-order valence-corrected chi connectivity index (χ3v) is 3.17. The van der Waals surface area contributed by atoms with Crippen molar-refractivity contribution < 1.29 is 4.74 Å². The number of nitrogen functional groups attached to an aromatic ring is 1. The molecule has 3 N–H and O–H groups in total. The van der Waals surface area contributed by atoms with Crippen LogP contribution in [0.2, 0.25) is 0 Å². The zero-order valence-corrected chi connectivity index (χ0v) is 10.4. The molecule has 0 aromatic carbocycles. The predicted octanol–water partition coefficient (Wildman–Crippen LogP) is 1.18. The van der Waals surface area contributed by atoms with Crippen molar-refractivity contribution in [3.63, 3.8) is 0 Å². The van der Waals surface area contributed by atoms with Gasteiger partial charge in [-0.25, -0.2) is 0 Å². The topological polar surface area (TPSA) is 63.4 Å².